The van der Waals surface area contributed by atoms with Crippen LogP contribution in [0.2, 0.25) is 0 Å². The summed E-state index contributed by atoms with van der Waals surface area (Å²) in [4.78, 5) is 22.7. The van der Waals surface area contributed by atoms with Gasteiger partial charge in [-0.2, -0.15) is 0 Å². The van der Waals surface area contributed by atoms with E-state index in [1.54, 1.807) is 0 Å². The minimum atomic E-state index is -1.01. The number of carboxylic acids is 1. The maximum atomic E-state index is 12.0. The summed E-state index contributed by atoms with van der Waals surface area (Å²) in [6, 6.07) is 0. The molecule has 4 aliphatic carbocycles. The first-order chi connectivity index (χ1) is 15.1. The van der Waals surface area contributed by atoms with Crippen LogP contribution in [0.25, 0.3) is 0 Å². The van der Waals surface area contributed by atoms with Crippen molar-refractivity contribution in [3.63, 3.8) is 0 Å². The lowest BCUT2D eigenvalue weighted by Gasteiger charge is -2.62. The number of carbonyl (C=O) groups is 2. The van der Waals surface area contributed by atoms with Crippen LogP contribution < -0.4 is 5.32 Å². The van der Waals surface area contributed by atoms with Gasteiger partial charge in [0.15, 0.2) is 0 Å². The lowest BCUT2D eigenvalue weighted by atomic mass is 9.44. The van der Waals surface area contributed by atoms with Crippen LogP contribution in [0, 0.1) is 46.3 Å². The summed E-state index contributed by atoms with van der Waals surface area (Å²) in [5.74, 6) is 1.92. The van der Waals surface area contributed by atoms with Gasteiger partial charge in [-0.15, -0.1) is 0 Å². The highest BCUT2D eigenvalue weighted by Crippen LogP contribution is 2.68. The molecule has 4 rings (SSSR count). The molecule has 182 valence electrons. The highest BCUT2D eigenvalue weighted by Gasteiger charge is 2.62. The van der Waals surface area contributed by atoms with E-state index in [-0.39, 0.29) is 41.4 Å². The summed E-state index contributed by atoms with van der Waals surface area (Å²) in [5, 5.41) is 32.6. The number of aliphatic hydroxyl groups is 2. The summed E-state index contributed by atoms with van der Waals surface area (Å²) in [6.07, 6.45) is 9.03. The molecule has 4 N–H and O–H groups in total. The topological polar surface area (TPSA) is 107 Å². The third-order valence-corrected chi connectivity index (χ3v) is 10.7. The lowest BCUT2D eigenvalue weighted by molar-refractivity contribution is -0.172. The Hall–Kier alpha value is -1.14. The number of aliphatic carboxylic acids is 1. The van der Waals surface area contributed by atoms with Gasteiger partial charge < -0.3 is 20.6 Å². The highest BCUT2D eigenvalue weighted by molar-refractivity contribution is 5.81. The van der Waals surface area contributed by atoms with Gasteiger partial charge in [0.1, 0.15) is 6.54 Å². The molecule has 4 aliphatic rings. The zero-order valence-electron chi connectivity index (χ0n) is 20.1. The third-order valence-electron chi connectivity index (χ3n) is 10.7. The summed E-state index contributed by atoms with van der Waals surface area (Å²) in [7, 11) is 0. The van der Waals surface area contributed by atoms with E-state index in [0.717, 1.165) is 32.1 Å². The molecule has 32 heavy (non-hydrogen) atoms. The minimum Gasteiger partial charge on any atom is -0.480 e. The molecular formula is C26H43NO5. The van der Waals surface area contributed by atoms with Crippen molar-refractivity contribution >= 4 is 11.9 Å². The average Bonchev–Trinajstić information content (AvgIpc) is 3.09. The molecule has 0 radical (unpaired) electrons. The van der Waals surface area contributed by atoms with Crippen molar-refractivity contribution < 1.29 is 24.9 Å². The molecule has 0 aromatic heterocycles. The molecule has 10 atom stereocenters. The molecule has 4 saturated carbocycles. The van der Waals surface area contributed by atoms with Gasteiger partial charge in [0.05, 0.1) is 12.2 Å². The van der Waals surface area contributed by atoms with E-state index < -0.39 is 5.97 Å². The zero-order valence-corrected chi connectivity index (χ0v) is 20.1. The van der Waals surface area contributed by atoms with E-state index in [1.165, 1.54) is 25.7 Å². The van der Waals surface area contributed by atoms with Gasteiger partial charge >= 0.3 is 5.97 Å². The second-order valence-corrected chi connectivity index (χ2v) is 12.1. The zero-order chi connectivity index (χ0) is 23.3. The summed E-state index contributed by atoms with van der Waals surface area (Å²) >= 11 is 0. The molecule has 0 heterocycles. The Morgan fingerprint density at radius 3 is 2.38 bits per heavy atom. The Morgan fingerprint density at radius 1 is 0.969 bits per heavy atom. The SMILES string of the molecule is C[C@H](CCC(=O)NCC(=O)O)[C@H]1CC[C@H]2[C@@H]3C[C@H](O)[C@@H]4CC(O)CC[C@]4(C)[C@H]3CC[C@]12C. The second-order valence-electron chi connectivity index (χ2n) is 12.1. The van der Waals surface area contributed by atoms with Crippen LogP contribution in [-0.4, -0.2) is 45.9 Å². The van der Waals surface area contributed by atoms with Crippen LogP contribution in [0.5, 0.6) is 0 Å². The predicted octanol–water partition coefficient (Wildman–Crippen LogP) is 3.59. The molecule has 0 aromatic rings. The Labute approximate surface area is 192 Å². The quantitative estimate of drug-likeness (QED) is 0.496. The molecule has 6 nitrogen and oxygen atoms in total. The van der Waals surface area contributed by atoms with Gasteiger partial charge in [-0.1, -0.05) is 20.8 Å². The molecule has 0 spiro atoms. The highest BCUT2D eigenvalue weighted by atomic mass is 16.4. The lowest BCUT2D eigenvalue weighted by Crippen LogP contribution is -2.58. The monoisotopic (exact) mass is 449 g/mol. The Balaban J connectivity index is 1.43. The third kappa shape index (κ3) is 4.11. The normalized spacial score (nSPS) is 46.5. The van der Waals surface area contributed by atoms with Crippen molar-refractivity contribution in [2.45, 2.75) is 97.2 Å². The van der Waals surface area contributed by atoms with Crippen molar-refractivity contribution in [2.24, 2.45) is 46.3 Å². The molecule has 6 heteroatoms. The fourth-order valence-corrected chi connectivity index (χ4v) is 9.08. The van der Waals surface area contributed by atoms with Crippen LogP contribution in [-0.2, 0) is 9.59 Å². The van der Waals surface area contributed by atoms with Crippen LogP contribution >= 0.6 is 0 Å². The number of nitrogens with one attached hydrogen (secondary N) is 1. The first-order valence-electron chi connectivity index (χ1n) is 12.9. The van der Waals surface area contributed by atoms with E-state index in [0.29, 0.717) is 36.0 Å². The van der Waals surface area contributed by atoms with E-state index in [2.05, 4.69) is 26.1 Å². The fourth-order valence-electron chi connectivity index (χ4n) is 9.08. The minimum absolute atomic E-state index is 0.148. The number of rotatable bonds is 6. The van der Waals surface area contributed by atoms with E-state index >= 15 is 0 Å². The summed E-state index contributed by atoms with van der Waals surface area (Å²) < 4.78 is 0. The summed E-state index contributed by atoms with van der Waals surface area (Å²) in [5.41, 5.74) is 0.407. The number of carboxylic acid groups (broad SMARTS) is 1. The van der Waals surface area contributed by atoms with Gasteiger partial charge in [0, 0.05) is 6.42 Å². The number of hydrogen-bond donors (Lipinski definition) is 4. The van der Waals surface area contributed by atoms with Gasteiger partial charge in [-0.05, 0) is 104 Å². The smallest absolute Gasteiger partial charge is 0.322 e. The van der Waals surface area contributed by atoms with Crippen molar-refractivity contribution in [1.29, 1.82) is 0 Å². The van der Waals surface area contributed by atoms with Crippen molar-refractivity contribution in [3.05, 3.63) is 0 Å². The second kappa shape index (κ2) is 8.90. The van der Waals surface area contributed by atoms with E-state index in [4.69, 9.17) is 5.11 Å². The number of aliphatic hydroxyl groups excluding tert-OH is 2. The molecule has 0 bridgehead atoms. The molecular weight excluding hydrogens is 406 g/mol. The van der Waals surface area contributed by atoms with E-state index in [9.17, 15) is 19.8 Å². The van der Waals surface area contributed by atoms with Gasteiger partial charge in [-0.25, -0.2) is 0 Å². The fraction of sp³-hybridized carbons (Fsp3) is 0.923. The Morgan fingerprint density at radius 2 is 1.66 bits per heavy atom. The van der Waals surface area contributed by atoms with Crippen LogP contribution in [0.4, 0.5) is 0 Å². The molecule has 4 fully saturated rings. The maximum Gasteiger partial charge on any atom is 0.322 e. The van der Waals surface area contributed by atoms with Crippen molar-refractivity contribution in [3.8, 4) is 0 Å². The first kappa shape index (κ1) is 24.0. The standard InChI is InChI=1S/C26H43NO5/c1-15(4-7-23(30)27-14-24(31)32)18-5-6-19-17-13-22(29)21-12-16(28)8-10-26(21,3)20(17)9-11-25(18,19)2/h15-22,28-29H,4-14H2,1-3H3,(H,27,30)(H,31,32)/t15-,16?,17+,18-,19+,20+,21+,22+,25-,26-/m1/s1. The molecule has 0 aliphatic heterocycles. The number of carbonyl (C=O) groups excluding carboxylic acids is 1. The van der Waals surface area contributed by atoms with Gasteiger partial charge in [0.25, 0.3) is 0 Å². The number of amides is 1. The summed E-state index contributed by atoms with van der Waals surface area (Å²) in [6.45, 7) is 6.83. The van der Waals surface area contributed by atoms with Gasteiger partial charge in [-0.3, -0.25) is 9.59 Å². The number of fused-ring (bicyclic) bond motifs is 5. The maximum absolute atomic E-state index is 12.0. The van der Waals surface area contributed by atoms with Crippen LogP contribution in [0.1, 0.15) is 85.0 Å². The largest absolute Gasteiger partial charge is 0.480 e. The van der Waals surface area contributed by atoms with E-state index in [1.807, 2.05) is 0 Å². The molecule has 1 amide bonds. The molecule has 0 saturated heterocycles. The number of hydrogen-bond acceptors (Lipinski definition) is 4. The molecule has 0 aromatic carbocycles. The van der Waals surface area contributed by atoms with Crippen LogP contribution in [0.15, 0.2) is 0 Å². The predicted molar refractivity (Wildman–Crippen MR) is 122 cm³/mol. The van der Waals surface area contributed by atoms with Gasteiger partial charge in [0.2, 0.25) is 5.91 Å². The Kier molecular flexibility index (Phi) is 6.68. The first-order valence-corrected chi connectivity index (χ1v) is 12.9. The van der Waals surface area contributed by atoms with Crippen molar-refractivity contribution in [2.75, 3.05) is 6.54 Å². The van der Waals surface area contributed by atoms with Crippen LogP contribution in [0.3, 0.4) is 0 Å². The molecule has 1 unspecified atom stereocenters. The average molecular weight is 450 g/mol. The van der Waals surface area contributed by atoms with Crippen molar-refractivity contribution in [1.82, 2.24) is 5.32 Å². The Bertz CT molecular complexity index is 727.